The van der Waals surface area contributed by atoms with E-state index < -0.39 is 9.84 Å². The first kappa shape index (κ1) is 18.8. The predicted molar refractivity (Wildman–Crippen MR) is 115 cm³/mol. The Labute approximate surface area is 170 Å². The molecule has 0 bridgehead atoms. The minimum Gasteiger partial charge on any atom is -0.342 e. The van der Waals surface area contributed by atoms with Gasteiger partial charge in [0.1, 0.15) is 4.90 Å². The fourth-order valence-electron chi connectivity index (χ4n) is 3.52. The molecule has 0 aliphatic carbocycles. The second-order valence-electron chi connectivity index (χ2n) is 7.08. The molecule has 0 radical (unpaired) electrons. The number of halogens is 1. The molecule has 142 valence electrons. The predicted octanol–water partition coefficient (Wildman–Crippen LogP) is 5.95. The van der Waals surface area contributed by atoms with E-state index >= 15 is 0 Å². The first-order chi connectivity index (χ1) is 13.3. The van der Waals surface area contributed by atoms with Crippen molar-refractivity contribution in [2.24, 2.45) is 7.05 Å². The summed E-state index contributed by atoms with van der Waals surface area (Å²) in [6, 6.07) is 20.2. The van der Waals surface area contributed by atoms with Crippen molar-refractivity contribution < 1.29 is 8.42 Å². The number of hydrogen-bond donors (Lipinski definition) is 0. The first-order valence-electron chi connectivity index (χ1n) is 8.96. The maximum Gasteiger partial charge on any atom is 0.209 e. The zero-order chi connectivity index (χ0) is 20.1. The van der Waals surface area contributed by atoms with E-state index in [0.29, 0.717) is 21.0 Å². The molecule has 0 aliphatic rings. The molecule has 3 nitrogen and oxygen atoms in total. The van der Waals surface area contributed by atoms with Crippen molar-refractivity contribution in [1.29, 1.82) is 0 Å². The van der Waals surface area contributed by atoms with E-state index in [-0.39, 0.29) is 4.90 Å². The van der Waals surface area contributed by atoms with Crippen molar-refractivity contribution in [3.63, 3.8) is 0 Å². The molecule has 1 heterocycles. The SMILES string of the molecule is Cc1ccc(-c2c(S(=O)(=O)c3ccc(C)cc3)c3ccc(Cl)cc3n2C)cc1. The minimum absolute atomic E-state index is 0.286. The summed E-state index contributed by atoms with van der Waals surface area (Å²) >= 11 is 6.20. The van der Waals surface area contributed by atoms with Gasteiger partial charge >= 0.3 is 0 Å². The topological polar surface area (TPSA) is 39.1 Å². The molecule has 0 atom stereocenters. The highest BCUT2D eigenvalue weighted by Gasteiger charge is 2.29. The molecule has 0 amide bonds. The molecule has 1 aromatic heterocycles. The highest BCUT2D eigenvalue weighted by molar-refractivity contribution is 7.91. The van der Waals surface area contributed by atoms with Crippen molar-refractivity contribution in [2.45, 2.75) is 23.6 Å². The molecule has 0 unspecified atom stereocenters. The van der Waals surface area contributed by atoms with Crippen LogP contribution in [0.15, 0.2) is 76.5 Å². The smallest absolute Gasteiger partial charge is 0.209 e. The molecule has 28 heavy (non-hydrogen) atoms. The molecule has 0 fully saturated rings. The second-order valence-corrected chi connectivity index (χ2v) is 9.40. The quantitative estimate of drug-likeness (QED) is 0.419. The zero-order valence-electron chi connectivity index (χ0n) is 15.9. The Kier molecular flexibility index (Phi) is 4.56. The van der Waals surface area contributed by atoms with Crippen LogP contribution in [0.25, 0.3) is 22.2 Å². The van der Waals surface area contributed by atoms with Crippen LogP contribution in [0.5, 0.6) is 0 Å². The molecule has 0 spiro atoms. The third-order valence-electron chi connectivity index (χ3n) is 5.04. The third kappa shape index (κ3) is 3.03. The zero-order valence-corrected chi connectivity index (χ0v) is 17.5. The molecule has 4 aromatic rings. The summed E-state index contributed by atoms with van der Waals surface area (Å²) in [7, 11) is -1.85. The van der Waals surface area contributed by atoms with Crippen LogP contribution in [0.3, 0.4) is 0 Å². The van der Waals surface area contributed by atoms with Gasteiger partial charge in [-0.15, -0.1) is 0 Å². The van der Waals surface area contributed by atoms with Crippen LogP contribution < -0.4 is 0 Å². The van der Waals surface area contributed by atoms with Crippen molar-refractivity contribution in [1.82, 2.24) is 4.57 Å². The van der Waals surface area contributed by atoms with Gasteiger partial charge in [-0.2, -0.15) is 0 Å². The second kappa shape index (κ2) is 6.80. The van der Waals surface area contributed by atoms with E-state index in [1.807, 2.05) is 67.9 Å². The lowest BCUT2D eigenvalue weighted by Gasteiger charge is -2.10. The number of hydrogen-bond acceptors (Lipinski definition) is 2. The molecular formula is C23H20ClNO2S. The lowest BCUT2D eigenvalue weighted by molar-refractivity contribution is 0.597. The largest absolute Gasteiger partial charge is 0.342 e. The van der Waals surface area contributed by atoms with Gasteiger partial charge in [-0.25, -0.2) is 8.42 Å². The van der Waals surface area contributed by atoms with Gasteiger partial charge in [0.2, 0.25) is 9.84 Å². The van der Waals surface area contributed by atoms with E-state index in [1.165, 1.54) is 0 Å². The van der Waals surface area contributed by atoms with Crippen LogP contribution in [-0.4, -0.2) is 13.0 Å². The van der Waals surface area contributed by atoms with Gasteiger partial charge in [-0.1, -0.05) is 59.1 Å². The molecule has 0 saturated carbocycles. The van der Waals surface area contributed by atoms with E-state index in [1.54, 1.807) is 24.3 Å². The van der Waals surface area contributed by atoms with Gasteiger partial charge < -0.3 is 4.57 Å². The molecule has 0 saturated heterocycles. The lowest BCUT2D eigenvalue weighted by Crippen LogP contribution is -2.04. The van der Waals surface area contributed by atoms with Crippen molar-refractivity contribution in [3.05, 3.63) is 82.9 Å². The van der Waals surface area contributed by atoms with Crippen LogP contribution in [0.2, 0.25) is 5.02 Å². The number of nitrogens with zero attached hydrogens (tertiary/aromatic N) is 1. The normalized spacial score (nSPS) is 11.9. The highest BCUT2D eigenvalue weighted by atomic mass is 35.5. The maximum absolute atomic E-state index is 13.7. The van der Waals surface area contributed by atoms with Gasteiger partial charge in [0.25, 0.3) is 0 Å². The summed E-state index contributed by atoms with van der Waals surface area (Å²) in [5, 5.41) is 1.24. The lowest BCUT2D eigenvalue weighted by atomic mass is 10.1. The number of aromatic nitrogens is 1. The number of sulfone groups is 1. The highest BCUT2D eigenvalue weighted by Crippen LogP contribution is 2.40. The van der Waals surface area contributed by atoms with E-state index in [2.05, 4.69) is 0 Å². The average molecular weight is 410 g/mol. The number of rotatable bonds is 3. The Morgan fingerprint density at radius 2 is 1.39 bits per heavy atom. The monoisotopic (exact) mass is 409 g/mol. The van der Waals surface area contributed by atoms with Crippen LogP contribution in [-0.2, 0) is 16.9 Å². The van der Waals surface area contributed by atoms with Crippen LogP contribution in [0.4, 0.5) is 0 Å². The van der Waals surface area contributed by atoms with Gasteiger partial charge in [-0.05, 0) is 49.7 Å². The Morgan fingerprint density at radius 1 is 0.821 bits per heavy atom. The molecule has 5 heteroatoms. The van der Waals surface area contributed by atoms with Gasteiger partial charge in [0.05, 0.1) is 16.1 Å². The summed E-state index contributed by atoms with van der Waals surface area (Å²) < 4.78 is 29.3. The van der Waals surface area contributed by atoms with E-state index in [0.717, 1.165) is 22.2 Å². The van der Waals surface area contributed by atoms with Crippen molar-refractivity contribution in [3.8, 4) is 11.3 Å². The van der Waals surface area contributed by atoms with E-state index in [4.69, 9.17) is 11.6 Å². The third-order valence-corrected chi connectivity index (χ3v) is 7.12. The first-order valence-corrected chi connectivity index (χ1v) is 10.8. The number of aryl methyl sites for hydroxylation is 3. The van der Waals surface area contributed by atoms with Crippen LogP contribution in [0.1, 0.15) is 11.1 Å². The van der Waals surface area contributed by atoms with Crippen LogP contribution in [0, 0.1) is 13.8 Å². The molecular weight excluding hydrogens is 390 g/mol. The minimum atomic E-state index is -3.73. The summed E-state index contributed by atoms with van der Waals surface area (Å²) in [4.78, 5) is 0.600. The molecule has 3 aromatic carbocycles. The Hall–Kier alpha value is -2.56. The van der Waals surface area contributed by atoms with Crippen molar-refractivity contribution >= 4 is 32.3 Å². The Bertz CT molecular complexity index is 1290. The summed E-state index contributed by atoms with van der Waals surface area (Å²) in [5.74, 6) is 0. The standard InChI is InChI=1S/C23H20ClNO2S/c1-15-4-8-17(9-5-15)22-23(20-13-10-18(24)14-21(20)25(22)3)28(26,27)19-11-6-16(2)7-12-19/h4-14H,1-3H3. The number of benzene rings is 3. The fourth-order valence-corrected chi connectivity index (χ4v) is 5.39. The summed E-state index contributed by atoms with van der Waals surface area (Å²) in [6.45, 7) is 3.95. The number of fused-ring (bicyclic) bond motifs is 1. The molecule has 0 aliphatic heterocycles. The average Bonchev–Trinajstić information content (AvgIpc) is 2.96. The van der Waals surface area contributed by atoms with Crippen LogP contribution >= 0.6 is 11.6 Å². The fraction of sp³-hybridized carbons (Fsp3) is 0.130. The van der Waals surface area contributed by atoms with Gasteiger partial charge in [0, 0.05) is 17.5 Å². The van der Waals surface area contributed by atoms with E-state index in [9.17, 15) is 8.42 Å². The van der Waals surface area contributed by atoms with Gasteiger partial charge in [0.15, 0.2) is 0 Å². The molecule has 4 rings (SSSR count). The van der Waals surface area contributed by atoms with Gasteiger partial charge in [-0.3, -0.25) is 0 Å². The molecule has 0 N–H and O–H groups in total. The Balaban J connectivity index is 2.10. The van der Waals surface area contributed by atoms with Crippen molar-refractivity contribution in [2.75, 3.05) is 0 Å². The summed E-state index contributed by atoms with van der Waals surface area (Å²) in [5.41, 5.74) is 4.44. The maximum atomic E-state index is 13.7. The summed E-state index contributed by atoms with van der Waals surface area (Å²) in [6.07, 6.45) is 0. The Morgan fingerprint density at radius 3 is 2.00 bits per heavy atom.